The van der Waals surface area contributed by atoms with Gasteiger partial charge in [-0.25, -0.2) is 0 Å². The molecule has 0 saturated heterocycles. The molecule has 0 atom stereocenters. The fourth-order valence-electron chi connectivity index (χ4n) is 4.26. The lowest BCUT2D eigenvalue weighted by molar-refractivity contribution is 0.0595. The van der Waals surface area contributed by atoms with E-state index in [-0.39, 0.29) is 0 Å². The third-order valence-electron chi connectivity index (χ3n) is 5.60. The highest BCUT2D eigenvalue weighted by molar-refractivity contribution is 4.82. The number of hydrogen-bond acceptors (Lipinski definition) is 2. The summed E-state index contributed by atoms with van der Waals surface area (Å²) in [5, 5.41) is 0. The lowest BCUT2D eigenvalue weighted by atomic mass is 9.69. The monoisotopic (exact) mass is 294 g/mol. The van der Waals surface area contributed by atoms with Crippen molar-refractivity contribution in [1.82, 2.24) is 0 Å². The summed E-state index contributed by atoms with van der Waals surface area (Å²) in [6.45, 7) is 9.33. The van der Waals surface area contributed by atoms with Crippen LogP contribution < -0.4 is 0 Å². The zero-order chi connectivity index (χ0) is 14.9. The summed E-state index contributed by atoms with van der Waals surface area (Å²) in [7, 11) is 0. The van der Waals surface area contributed by atoms with Gasteiger partial charge in [-0.3, -0.25) is 0 Å². The van der Waals surface area contributed by atoms with Crippen LogP contribution in [0.5, 0.6) is 0 Å². The maximum Gasteiger partial charge on any atom is 0.0644 e. The second-order valence-electron chi connectivity index (χ2n) is 7.05. The summed E-state index contributed by atoms with van der Waals surface area (Å²) in [6.07, 6.45) is 13.2. The molecule has 0 N–H and O–H groups in total. The largest absolute Gasteiger partial charge is 0.381 e. The summed E-state index contributed by atoms with van der Waals surface area (Å²) in [5.74, 6) is 3.63. The Labute approximate surface area is 131 Å². The first-order valence-corrected chi connectivity index (χ1v) is 9.09. The Morgan fingerprint density at radius 2 is 1.29 bits per heavy atom. The minimum atomic E-state index is 0.712. The molecule has 0 aromatic carbocycles. The van der Waals surface area contributed by atoms with E-state index in [9.17, 15) is 0 Å². The van der Waals surface area contributed by atoms with Gasteiger partial charge in [0, 0.05) is 19.8 Å². The van der Waals surface area contributed by atoms with E-state index in [0.717, 1.165) is 43.5 Å². The van der Waals surface area contributed by atoms with Crippen molar-refractivity contribution < 1.29 is 9.47 Å². The molecule has 0 heterocycles. The highest BCUT2D eigenvalue weighted by atomic mass is 16.5. The molecule has 2 saturated carbocycles. The normalized spacial score (nSPS) is 33.8. The van der Waals surface area contributed by atoms with E-state index in [2.05, 4.69) is 13.5 Å². The second-order valence-corrected chi connectivity index (χ2v) is 7.05. The van der Waals surface area contributed by atoms with E-state index in [1.54, 1.807) is 0 Å². The molecule has 0 aromatic rings. The van der Waals surface area contributed by atoms with Crippen molar-refractivity contribution in [3.05, 3.63) is 12.7 Å². The van der Waals surface area contributed by atoms with Crippen molar-refractivity contribution >= 4 is 0 Å². The van der Waals surface area contributed by atoms with E-state index in [4.69, 9.17) is 9.47 Å². The quantitative estimate of drug-likeness (QED) is 0.471. The molecular formula is C19H34O2. The van der Waals surface area contributed by atoms with Crippen molar-refractivity contribution in [3.8, 4) is 0 Å². The van der Waals surface area contributed by atoms with Gasteiger partial charge < -0.3 is 9.47 Å². The molecule has 2 aliphatic rings. The first-order valence-electron chi connectivity index (χ1n) is 9.09. The van der Waals surface area contributed by atoms with E-state index in [1.807, 2.05) is 6.08 Å². The molecule has 0 radical (unpaired) electrons. The van der Waals surface area contributed by atoms with Gasteiger partial charge >= 0.3 is 0 Å². The van der Waals surface area contributed by atoms with Crippen LogP contribution in [0.25, 0.3) is 0 Å². The molecule has 0 aromatic heterocycles. The molecule has 2 nitrogen and oxygen atoms in total. The predicted molar refractivity (Wildman–Crippen MR) is 88.4 cm³/mol. The third-order valence-corrected chi connectivity index (χ3v) is 5.60. The highest BCUT2D eigenvalue weighted by Gasteiger charge is 2.30. The van der Waals surface area contributed by atoms with Gasteiger partial charge in [-0.1, -0.05) is 6.08 Å². The van der Waals surface area contributed by atoms with Gasteiger partial charge in [0.2, 0.25) is 0 Å². The molecule has 0 aliphatic heterocycles. The first kappa shape index (κ1) is 17.0. The summed E-state index contributed by atoms with van der Waals surface area (Å²) in [5.41, 5.74) is 0. The Balaban J connectivity index is 1.61. The highest BCUT2D eigenvalue weighted by Crippen LogP contribution is 2.41. The standard InChI is InChI=1S/C19H34O2/c1-3-13-21-15-17-7-11-19(12-8-17)18-9-5-16(6-10-18)14-20-4-2/h3,16-19H,1,4-15H2,2H3/t16-,17?,18-,19?. The van der Waals surface area contributed by atoms with Crippen molar-refractivity contribution in [2.75, 3.05) is 26.4 Å². The average molecular weight is 294 g/mol. The number of ether oxygens (including phenoxy) is 2. The number of rotatable bonds is 8. The van der Waals surface area contributed by atoms with E-state index < -0.39 is 0 Å². The van der Waals surface area contributed by atoms with Crippen LogP contribution in [-0.2, 0) is 9.47 Å². The molecule has 0 bridgehead atoms. The van der Waals surface area contributed by atoms with Crippen LogP contribution >= 0.6 is 0 Å². The Morgan fingerprint density at radius 3 is 1.71 bits per heavy atom. The van der Waals surface area contributed by atoms with Gasteiger partial charge in [0.25, 0.3) is 0 Å². The SMILES string of the molecule is C=CCOCC1CCC([C@H]2CC[C@H](COCC)CC2)CC1. The minimum Gasteiger partial charge on any atom is -0.381 e. The van der Waals surface area contributed by atoms with Crippen LogP contribution in [0.2, 0.25) is 0 Å². The van der Waals surface area contributed by atoms with Gasteiger partial charge in [0.15, 0.2) is 0 Å². The Kier molecular flexibility index (Phi) is 7.81. The van der Waals surface area contributed by atoms with Crippen molar-refractivity contribution in [2.45, 2.75) is 58.3 Å². The van der Waals surface area contributed by atoms with Crippen molar-refractivity contribution in [2.24, 2.45) is 23.7 Å². The van der Waals surface area contributed by atoms with Gasteiger partial charge in [0.1, 0.15) is 0 Å². The van der Waals surface area contributed by atoms with Crippen LogP contribution in [0, 0.1) is 23.7 Å². The smallest absolute Gasteiger partial charge is 0.0644 e. The zero-order valence-corrected chi connectivity index (χ0v) is 13.9. The molecule has 21 heavy (non-hydrogen) atoms. The molecule has 122 valence electrons. The summed E-state index contributed by atoms with van der Waals surface area (Å²) >= 11 is 0. The molecule has 0 unspecified atom stereocenters. The summed E-state index contributed by atoms with van der Waals surface area (Å²) in [6, 6.07) is 0. The average Bonchev–Trinajstić information content (AvgIpc) is 2.54. The van der Waals surface area contributed by atoms with E-state index in [1.165, 1.54) is 51.4 Å². The van der Waals surface area contributed by atoms with Crippen LogP contribution in [0.1, 0.15) is 58.3 Å². The Bertz CT molecular complexity index is 273. The lowest BCUT2D eigenvalue weighted by Crippen LogP contribution is -2.28. The molecule has 2 heteroatoms. The second kappa shape index (κ2) is 9.63. The fourth-order valence-corrected chi connectivity index (χ4v) is 4.26. The predicted octanol–water partition coefficient (Wildman–Crippen LogP) is 4.84. The van der Waals surface area contributed by atoms with Crippen molar-refractivity contribution in [3.63, 3.8) is 0 Å². The number of hydrogen-bond donors (Lipinski definition) is 0. The third kappa shape index (κ3) is 5.75. The zero-order valence-electron chi connectivity index (χ0n) is 13.9. The molecule has 2 rings (SSSR count). The molecular weight excluding hydrogens is 260 g/mol. The fraction of sp³-hybridized carbons (Fsp3) is 0.895. The maximum atomic E-state index is 5.62. The van der Waals surface area contributed by atoms with Crippen LogP contribution in [0.4, 0.5) is 0 Å². The van der Waals surface area contributed by atoms with E-state index >= 15 is 0 Å². The van der Waals surface area contributed by atoms with E-state index in [0.29, 0.717) is 6.61 Å². The van der Waals surface area contributed by atoms with Crippen LogP contribution in [0.15, 0.2) is 12.7 Å². The summed E-state index contributed by atoms with van der Waals surface area (Å²) in [4.78, 5) is 0. The van der Waals surface area contributed by atoms with Gasteiger partial charge in [-0.05, 0) is 82.0 Å². The minimum absolute atomic E-state index is 0.712. The molecule has 2 fully saturated rings. The first-order chi connectivity index (χ1) is 10.3. The van der Waals surface area contributed by atoms with Gasteiger partial charge in [-0.2, -0.15) is 0 Å². The summed E-state index contributed by atoms with van der Waals surface area (Å²) < 4.78 is 11.2. The van der Waals surface area contributed by atoms with Gasteiger partial charge in [0.05, 0.1) is 6.61 Å². The Hall–Kier alpha value is -0.340. The van der Waals surface area contributed by atoms with Crippen LogP contribution in [0.3, 0.4) is 0 Å². The van der Waals surface area contributed by atoms with Crippen LogP contribution in [-0.4, -0.2) is 26.4 Å². The topological polar surface area (TPSA) is 18.5 Å². The molecule has 2 aliphatic carbocycles. The van der Waals surface area contributed by atoms with Crippen molar-refractivity contribution in [1.29, 1.82) is 0 Å². The lowest BCUT2D eigenvalue weighted by Gasteiger charge is -2.37. The maximum absolute atomic E-state index is 5.62. The molecule has 0 spiro atoms. The Morgan fingerprint density at radius 1 is 0.810 bits per heavy atom. The van der Waals surface area contributed by atoms with Gasteiger partial charge in [-0.15, -0.1) is 6.58 Å². The molecule has 0 amide bonds.